The lowest BCUT2D eigenvalue weighted by molar-refractivity contribution is 0.00207. The largest absolute Gasteiger partial charge is 0.393 e. The van der Waals surface area contributed by atoms with Gasteiger partial charge in [-0.3, -0.25) is 4.90 Å². The van der Waals surface area contributed by atoms with Gasteiger partial charge < -0.3 is 5.11 Å². The lowest BCUT2D eigenvalue weighted by Crippen LogP contribution is -2.50. The number of piperidine rings is 1. The molecule has 1 N–H and O–H groups in total. The first-order chi connectivity index (χ1) is 8.84. The first-order valence-corrected chi connectivity index (χ1v) is 8.27. The maximum Gasteiger partial charge on any atom is 0.0580 e. The second-order valence-corrected chi connectivity index (χ2v) is 6.86. The first-order valence-electron chi connectivity index (χ1n) is 8.27. The zero-order valence-electron chi connectivity index (χ0n) is 11.7. The minimum Gasteiger partial charge on any atom is -0.393 e. The van der Waals surface area contributed by atoms with Crippen molar-refractivity contribution in [2.24, 2.45) is 11.8 Å². The number of rotatable bonds is 2. The molecule has 1 heterocycles. The van der Waals surface area contributed by atoms with Crippen LogP contribution in [0.2, 0.25) is 0 Å². The van der Waals surface area contributed by atoms with Gasteiger partial charge in [-0.2, -0.15) is 0 Å². The Morgan fingerprint density at radius 2 is 1.56 bits per heavy atom. The Morgan fingerprint density at radius 3 is 2.44 bits per heavy atom. The summed E-state index contributed by atoms with van der Waals surface area (Å²) < 4.78 is 0. The number of fused-ring (bicyclic) bond motifs is 1. The Morgan fingerprint density at radius 1 is 0.833 bits per heavy atom. The van der Waals surface area contributed by atoms with Crippen LogP contribution in [-0.4, -0.2) is 35.2 Å². The Balaban J connectivity index is 1.60. The Hall–Kier alpha value is -0.0800. The number of aliphatic hydroxyl groups is 1. The molecule has 18 heavy (non-hydrogen) atoms. The normalized spacial score (nSPS) is 42.5. The van der Waals surface area contributed by atoms with Crippen molar-refractivity contribution in [1.29, 1.82) is 0 Å². The highest BCUT2D eigenvalue weighted by molar-refractivity contribution is 4.89. The number of aliphatic hydroxyl groups excluding tert-OH is 1. The second kappa shape index (κ2) is 5.92. The van der Waals surface area contributed by atoms with Crippen LogP contribution in [0.4, 0.5) is 0 Å². The molecule has 104 valence electrons. The van der Waals surface area contributed by atoms with E-state index in [1.165, 1.54) is 70.9 Å². The molecule has 0 aromatic heterocycles. The van der Waals surface area contributed by atoms with Gasteiger partial charge in [0.25, 0.3) is 0 Å². The zero-order valence-corrected chi connectivity index (χ0v) is 11.7. The van der Waals surface area contributed by atoms with Gasteiger partial charge >= 0.3 is 0 Å². The highest BCUT2D eigenvalue weighted by atomic mass is 16.3. The van der Waals surface area contributed by atoms with Crippen molar-refractivity contribution < 1.29 is 5.11 Å². The second-order valence-electron chi connectivity index (χ2n) is 6.86. The van der Waals surface area contributed by atoms with E-state index in [1.54, 1.807) is 0 Å². The van der Waals surface area contributed by atoms with Gasteiger partial charge in [-0.25, -0.2) is 0 Å². The average molecular weight is 251 g/mol. The molecule has 0 aromatic rings. The number of nitrogens with zero attached hydrogens (tertiary/aromatic N) is 1. The summed E-state index contributed by atoms with van der Waals surface area (Å²) in [6.07, 6.45) is 13.5. The van der Waals surface area contributed by atoms with E-state index < -0.39 is 0 Å². The summed E-state index contributed by atoms with van der Waals surface area (Å²) in [7, 11) is 0. The fraction of sp³-hybridized carbons (Fsp3) is 1.00. The highest BCUT2D eigenvalue weighted by Gasteiger charge is 2.35. The molecule has 2 nitrogen and oxygen atoms in total. The number of likely N-dealkylation sites (tertiary alicyclic amines) is 1. The molecule has 1 saturated heterocycles. The van der Waals surface area contributed by atoms with Gasteiger partial charge in [-0.15, -0.1) is 0 Å². The minimum absolute atomic E-state index is 0.0114. The molecular weight excluding hydrogens is 222 g/mol. The van der Waals surface area contributed by atoms with Crippen molar-refractivity contribution >= 4 is 0 Å². The minimum atomic E-state index is -0.0114. The highest BCUT2D eigenvalue weighted by Crippen LogP contribution is 2.36. The molecule has 2 saturated carbocycles. The van der Waals surface area contributed by atoms with Gasteiger partial charge in [0.05, 0.1) is 6.10 Å². The van der Waals surface area contributed by atoms with Gasteiger partial charge in [0.1, 0.15) is 0 Å². The van der Waals surface area contributed by atoms with Gasteiger partial charge in [0.2, 0.25) is 0 Å². The third kappa shape index (κ3) is 2.75. The summed E-state index contributed by atoms with van der Waals surface area (Å²) >= 11 is 0. The summed E-state index contributed by atoms with van der Waals surface area (Å²) in [5.74, 6) is 1.55. The summed E-state index contributed by atoms with van der Waals surface area (Å²) in [6, 6.07) is 0.863. The van der Waals surface area contributed by atoms with Crippen molar-refractivity contribution in [2.75, 3.05) is 13.1 Å². The number of hydrogen-bond donors (Lipinski definition) is 1. The van der Waals surface area contributed by atoms with E-state index in [0.717, 1.165) is 18.4 Å². The third-order valence-electron chi connectivity index (χ3n) is 5.70. The van der Waals surface area contributed by atoms with Crippen LogP contribution in [0.1, 0.15) is 64.2 Å². The molecule has 3 fully saturated rings. The average Bonchev–Trinajstić information content (AvgIpc) is 2.42. The molecular formula is C16H29NO. The molecule has 0 spiro atoms. The molecule has 2 unspecified atom stereocenters. The van der Waals surface area contributed by atoms with E-state index in [0.29, 0.717) is 5.92 Å². The van der Waals surface area contributed by atoms with Crippen LogP contribution in [0.5, 0.6) is 0 Å². The summed E-state index contributed by atoms with van der Waals surface area (Å²) in [5.41, 5.74) is 0. The smallest absolute Gasteiger partial charge is 0.0580 e. The molecule has 0 aromatic carbocycles. The van der Waals surface area contributed by atoms with Crippen LogP contribution in [-0.2, 0) is 0 Å². The van der Waals surface area contributed by atoms with Gasteiger partial charge in [0, 0.05) is 12.6 Å². The van der Waals surface area contributed by atoms with Crippen molar-refractivity contribution in [3.63, 3.8) is 0 Å². The Kier molecular flexibility index (Phi) is 4.25. The SMILES string of the molecule is OC1CCCCC1CN1CCC[C@H]2CCCC[C@H]21. The Labute approximate surface area is 112 Å². The van der Waals surface area contributed by atoms with E-state index in [2.05, 4.69) is 4.90 Å². The van der Waals surface area contributed by atoms with Crippen molar-refractivity contribution in [2.45, 2.75) is 76.4 Å². The topological polar surface area (TPSA) is 23.5 Å². The maximum atomic E-state index is 10.2. The summed E-state index contributed by atoms with van der Waals surface area (Å²) in [4.78, 5) is 2.76. The zero-order chi connectivity index (χ0) is 12.4. The van der Waals surface area contributed by atoms with E-state index >= 15 is 0 Å². The molecule has 2 aliphatic carbocycles. The van der Waals surface area contributed by atoms with Gasteiger partial charge in [-0.1, -0.05) is 25.7 Å². The summed E-state index contributed by atoms with van der Waals surface area (Å²) in [6.45, 7) is 2.48. The quantitative estimate of drug-likeness (QED) is 0.814. The predicted molar refractivity (Wildman–Crippen MR) is 74.5 cm³/mol. The number of hydrogen-bond acceptors (Lipinski definition) is 2. The van der Waals surface area contributed by atoms with Crippen LogP contribution in [0.25, 0.3) is 0 Å². The van der Waals surface area contributed by atoms with Crippen molar-refractivity contribution in [3.05, 3.63) is 0 Å². The van der Waals surface area contributed by atoms with Gasteiger partial charge in [0.15, 0.2) is 0 Å². The van der Waals surface area contributed by atoms with Crippen molar-refractivity contribution in [3.8, 4) is 0 Å². The van der Waals surface area contributed by atoms with Crippen LogP contribution < -0.4 is 0 Å². The third-order valence-corrected chi connectivity index (χ3v) is 5.70. The predicted octanol–water partition coefficient (Wildman–Crippen LogP) is 3.19. The maximum absolute atomic E-state index is 10.2. The molecule has 3 aliphatic rings. The van der Waals surface area contributed by atoms with Crippen LogP contribution in [0.15, 0.2) is 0 Å². The standard InChI is InChI=1S/C16H29NO/c18-16-10-4-2-7-14(16)12-17-11-5-8-13-6-1-3-9-15(13)17/h13-16,18H,1-12H2/t13-,14?,15-,16?/m1/s1. The molecule has 4 atom stereocenters. The molecule has 0 amide bonds. The van der Waals surface area contributed by atoms with Crippen LogP contribution in [0.3, 0.4) is 0 Å². The molecule has 0 bridgehead atoms. The van der Waals surface area contributed by atoms with E-state index in [4.69, 9.17) is 0 Å². The van der Waals surface area contributed by atoms with E-state index in [9.17, 15) is 5.11 Å². The molecule has 3 rings (SSSR count). The molecule has 2 heteroatoms. The molecule has 1 aliphatic heterocycles. The first kappa shape index (κ1) is 12.9. The fourth-order valence-electron chi connectivity index (χ4n) is 4.66. The summed E-state index contributed by atoms with van der Waals surface area (Å²) in [5, 5.41) is 10.2. The lowest BCUT2D eigenvalue weighted by atomic mass is 9.77. The van der Waals surface area contributed by atoms with Crippen LogP contribution >= 0.6 is 0 Å². The van der Waals surface area contributed by atoms with Crippen molar-refractivity contribution in [1.82, 2.24) is 4.90 Å². The van der Waals surface area contributed by atoms with Crippen LogP contribution in [0, 0.1) is 11.8 Å². The van der Waals surface area contributed by atoms with E-state index in [1.807, 2.05) is 0 Å². The fourth-order valence-corrected chi connectivity index (χ4v) is 4.66. The monoisotopic (exact) mass is 251 g/mol. The van der Waals surface area contributed by atoms with Gasteiger partial charge in [-0.05, 0) is 56.9 Å². The lowest BCUT2D eigenvalue weighted by Gasteiger charge is -2.46. The van der Waals surface area contributed by atoms with E-state index in [-0.39, 0.29) is 6.10 Å². The molecule has 0 radical (unpaired) electrons. The Bertz CT molecular complexity index is 266.